The van der Waals surface area contributed by atoms with E-state index < -0.39 is 11.7 Å². The second-order valence-electron chi connectivity index (χ2n) is 6.93. The number of Topliss-reactive ketones (excluding diaryl/α,β-unsaturated/α-hetero) is 1. The lowest BCUT2D eigenvalue weighted by Crippen LogP contribution is -2.54. The minimum absolute atomic E-state index is 0.106. The topological polar surface area (TPSA) is 42.4 Å². The lowest BCUT2D eigenvalue weighted by Gasteiger charge is -2.40. The summed E-state index contributed by atoms with van der Waals surface area (Å²) >= 11 is 0. The summed E-state index contributed by atoms with van der Waals surface area (Å²) in [5, 5.41) is 0. The van der Waals surface area contributed by atoms with E-state index in [0.29, 0.717) is 19.5 Å². The number of halogens is 3. The van der Waals surface area contributed by atoms with Gasteiger partial charge in [0.15, 0.2) is 0 Å². The van der Waals surface area contributed by atoms with Gasteiger partial charge in [0, 0.05) is 24.4 Å². The highest BCUT2D eigenvalue weighted by Crippen LogP contribution is 2.30. The minimum Gasteiger partial charge on any atom is -0.471 e. The predicted molar refractivity (Wildman–Crippen MR) is 96.0 cm³/mol. The van der Waals surface area contributed by atoms with Crippen LogP contribution in [0.25, 0.3) is 0 Å². The second kappa shape index (κ2) is 7.58. The van der Waals surface area contributed by atoms with Gasteiger partial charge in [0.05, 0.1) is 18.7 Å². The maximum atomic E-state index is 12.5. The molecule has 0 unspecified atom stereocenters. The SMILES string of the molecule is CC(=O)C[C@@H](C)c1ccc(N2CC(Oc3ccc(C(F)(F)F)cn3)C2)cc1. The first-order valence-electron chi connectivity index (χ1n) is 8.76. The zero-order valence-electron chi connectivity index (χ0n) is 15.2. The predicted octanol–water partition coefficient (Wildman–Crippen LogP) is 4.45. The van der Waals surface area contributed by atoms with Gasteiger partial charge in [-0.15, -0.1) is 0 Å². The van der Waals surface area contributed by atoms with E-state index in [1.54, 1.807) is 6.92 Å². The molecule has 1 atom stereocenters. The van der Waals surface area contributed by atoms with Gasteiger partial charge < -0.3 is 14.4 Å². The molecule has 2 heterocycles. The average Bonchev–Trinajstić information content (AvgIpc) is 2.57. The first kappa shape index (κ1) is 19.2. The number of hydrogen-bond donors (Lipinski definition) is 0. The molecule has 0 spiro atoms. The van der Waals surface area contributed by atoms with Crippen LogP contribution in [0.4, 0.5) is 18.9 Å². The summed E-state index contributed by atoms with van der Waals surface area (Å²) in [4.78, 5) is 17.1. The van der Waals surface area contributed by atoms with Crippen LogP contribution in [0.5, 0.6) is 5.88 Å². The van der Waals surface area contributed by atoms with Gasteiger partial charge in [-0.2, -0.15) is 13.2 Å². The maximum absolute atomic E-state index is 12.5. The number of ether oxygens (including phenoxy) is 1. The fraction of sp³-hybridized carbons (Fsp3) is 0.400. The van der Waals surface area contributed by atoms with E-state index in [2.05, 4.69) is 9.88 Å². The number of nitrogens with zero attached hydrogens (tertiary/aromatic N) is 2. The molecule has 1 aromatic carbocycles. The Labute approximate surface area is 156 Å². The lowest BCUT2D eigenvalue weighted by atomic mass is 9.95. The summed E-state index contributed by atoms with van der Waals surface area (Å²) in [5.74, 6) is 0.557. The highest BCUT2D eigenvalue weighted by atomic mass is 19.4. The van der Waals surface area contributed by atoms with E-state index in [-0.39, 0.29) is 23.7 Å². The Morgan fingerprint density at radius 2 is 1.89 bits per heavy atom. The van der Waals surface area contributed by atoms with Crippen LogP contribution in [-0.2, 0) is 11.0 Å². The summed E-state index contributed by atoms with van der Waals surface area (Å²) in [6, 6.07) is 10.3. The van der Waals surface area contributed by atoms with Gasteiger partial charge in [0.1, 0.15) is 11.9 Å². The fourth-order valence-corrected chi connectivity index (χ4v) is 3.07. The van der Waals surface area contributed by atoms with Crippen molar-refractivity contribution in [3.8, 4) is 5.88 Å². The van der Waals surface area contributed by atoms with Crippen LogP contribution in [0.15, 0.2) is 42.6 Å². The summed E-state index contributed by atoms with van der Waals surface area (Å²) in [7, 11) is 0. The van der Waals surface area contributed by atoms with Crippen molar-refractivity contribution in [2.75, 3.05) is 18.0 Å². The average molecular weight is 378 g/mol. The highest BCUT2D eigenvalue weighted by molar-refractivity contribution is 5.76. The van der Waals surface area contributed by atoms with Crippen LogP contribution in [0.1, 0.15) is 37.3 Å². The first-order valence-corrected chi connectivity index (χ1v) is 8.76. The van der Waals surface area contributed by atoms with E-state index in [1.807, 2.05) is 31.2 Å². The van der Waals surface area contributed by atoms with Crippen LogP contribution in [0.3, 0.4) is 0 Å². The number of ketones is 1. The van der Waals surface area contributed by atoms with Crippen molar-refractivity contribution in [1.29, 1.82) is 0 Å². The van der Waals surface area contributed by atoms with Gasteiger partial charge in [-0.3, -0.25) is 0 Å². The number of benzene rings is 1. The molecular formula is C20H21F3N2O2. The largest absolute Gasteiger partial charge is 0.471 e. The van der Waals surface area contributed by atoms with Gasteiger partial charge in [-0.25, -0.2) is 4.98 Å². The molecule has 0 radical (unpaired) electrons. The van der Waals surface area contributed by atoms with Crippen molar-refractivity contribution in [1.82, 2.24) is 4.98 Å². The molecule has 1 aromatic heterocycles. The van der Waals surface area contributed by atoms with Gasteiger partial charge in [0.2, 0.25) is 5.88 Å². The van der Waals surface area contributed by atoms with Crippen LogP contribution in [-0.4, -0.2) is 30.0 Å². The third kappa shape index (κ3) is 4.78. The minimum atomic E-state index is -4.40. The molecule has 144 valence electrons. The number of carbonyl (C=O) groups is 1. The number of carbonyl (C=O) groups excluding carboxylic acids is 1. The van der Waals surface area contributed by atoms with E-state index in [9.17, 15) is 18.0 Å². The van der Waals surface area contributed by atoms with Crippen LogP contribution in [0.2, 0.25) is 0 Å². The number of rotatable bonds is 6. The number of pyridine rings is 1. The maximum Gasteiger partial charge on any atom is 0.417 e. The Kier molecular flexibility index (Phi) is 5.39. The first-order chi connectivity index (χ1) is 12.7. The zero-order chi connectivity index (χ0) is 19.6. The Morgan fingerprint density at radius 3 is 2.41 bits per heavy atom. The summed E-state index contributed by atoms with van der Waals surface area (Å²) in [6.45, 7) is 4.91. The third-order valence-electron chi connectivity index (χ3n) is 4.62. The van der Waals surface area contributed by atoms with E-state index in [4.69, 9.17) is 4.74 Å². The molecular weight excluding hydrogens is 357 g/mol. The lowest BCUT2D eigenvalue weighted by molar-refractivity contribution is -0.137. The standard InChI is InChI=1S/C20H21F3N2O2/c1-13(9-14(2)26)15-3-6-17(7-4-15)25-11-18(12-25)27-19-8-5-16(10-24-19)20(21,22)23/h3-8,10,13,18H,9,11-12H2,1-2H3/t13-/m1/s1. The van der Waals surface area contributed by atoms with E-state index in [0.717, 1.165) is 23.5 Å². The summed E-state index contributed by atoms with van der Waals surface area (Å²) in [6.07, 6.45) is -3.19. The Hall–Kier alpha value is -2.57. The normalized spacial score (nSPS) is 16.0. The van der Waals surface area contributed by atoms with Crippen molar-refractivity contribution in [3.63, 3.8) is 0 Å². The highest BCUT2D eigenvalue weighted by Gasteiger charge is 2.32. The molecule has 0 N–H and O–H groups in total. The van der Waals surface area contributed by atoms with Crippen LogP contribution >= 0.6 is 0 Å². The monoisotopic (exact) mass is 378 g/mol. The van der Waals surface area contributed by atoms with E-state index >= 15 is 0 Å². The molecule has 0 bridgehead atoms. The fourth-order valence-electron chi connectivity index (χ4n) is 3.07. The van der Waals surface area contributed by atoms with Crippen molar-refractivity contribution < 1.29 is 22.7 Å². The number of hydrogen-bond acceptors (Lipinski definition) is 4. The van der Waals surface area contributed by atoms with Gasteiger partial charge >= 0.3 is 6.18 Å². The Bertz CT molecular complexity index is 782. The zero-order valence-corrected chi connectivity index (χ0v) is 15.2. The molecule has 0 aliphatic carbocycles. The molecule has 4 nitrogen and oxygen atoms in total. The molecule has 3 rings (SSSR count). The van der Waals surface area contributed by atoms with Gasteiger partial charge in [0.25, 0.3) is 0 Å². The molecule has 1 aliphatic heterocycles. The summed E-state index contributed by atoms with van der Waals surface area (Å²) in [5.41, 5.74) is 1.38. The second-order valence-corrected chi connectivity index (χ2v) is 6.93. The molecule has 1 aliphatic rings. The number of alkyl halides is 3. The molecule has 2 aromatic rings. The van der Waals surface area contributed by atoms with Gasteiger partial charge in [-0.1, -0.05) is 19.1 Å². The number of aromatic nitrogens is 1. The Balaban J connectivity index is 1.51. The van der Waals surface area contributed by atoms with Crippen LogP contribution < -0.4 is 9.64 Å². The Morgan fingerprint density at radius 1 is 1.22 bits per heavy atom. The molecule has 27 heavy (non-hydrogen) atoms. The molecule has 0 amide bonds. The van der Waals surface area contributed by atoms with Gasteiger partial charge in [-0.05, 0) is 36.6 Å². The van der Waals surface area contributed by atoms with Crippen molar-refractivity contribution in [3.05, 3.63) is 53.7 Å². The smallest absolute Gasteiger partial charge is 0.417 e. The molecule has 1 fully saturated rings. The van der Waals surface area contributed by atoms with E-state index in [1.165, 1.54) is 6.07 Å². The van der Waals surface area contributed by atoms with Crippen molar-refractivity contribution in [2.24, 2.45) is 0 Å². The number of anilines is 1. The molecule has 7 heteroatoms. The summed E-state index contributed by atoms with van der Waals surface area (Å²) < 4.78 is 43.2. The molecule has 0 saturated carbocycles. The van der Waals surface area contributed by atoms with Crippen LogP contribution in [0, 0.1) is 0 Å². The van der Waals surface area contributed by atoms with Crippen molar-refractivity contribution in [2.45, 2.75) is 38.5 Å². The van der Waals surface area contributed by atoms with Crippen molar-refractivity contribution >= 4 is 11.5 Å². The molecule has 1 saturated heterocycles. The quantitative estimate of drug-likeness (QED) is 0.745. The third-order valence-corrected chi connectivity index (χ3v) is 4.62.